The fourth-order valence-electron chi connectivity index (χ4n) is 5.08. The van der Waals surface area contributed by atoms with Gasteiger partial charge in [-0.05, 0) is 70.3 Å². The van der Waals surface area contributed by atoms with Crippen LogP contribution in [0, 0.1) is 5.92 Å². The molecular formula is C29H46O3Si. The van der Waals surface area contributed by atoms with E-state index in [-0.39, 0.29) is 16.4 Å². The summed E-state index contributed by atoms with van der Waals surface area (Å²) in [6, 6.07) is 4.06. The number of allylic oxidation sites excluding steroid dienone is 2. The number of rotatable bonds is 8. The first kappa shape index (κ1) is 26.1. The van der Waals surface area contributed by atoms with E-state index < -0.39 is 8.32 Å². The summed E-state index contributed by atoms with van der Waals surface area (Å²) in [6.45, 7) is 20.2. The van der Waals surface area contributed by atoms with Crippen LogP contribution in [-0.2, 0) is 0 Å². The highest BCUT2D eigenvalue weighted by Gasteiger charge is 2.47. The molecule has 1 aliphatic heterocycles. The molecule has 1 aromatic carbocycles. The number of carbonyl (C=O) groups is 1. The summed E-state index contributed by atoms with van der Waals surface area (Å²) >= 11 is 0. The van der Waals surface area contributed by atoms with E-state index in [1.54, 1.807) is 0 Å². The topological polar surface area (TPSA) is 35.5 Å². The van der Waals surface area contributed by atoms with Crippen molar-refractivity contribution in [2.45, 2.75) is 123 Å². The van der Waals surface area contributed by atoms with Crippen LogP contribution in [0.25, 0.3) is 0 Å². The molecule has 3 nitrogen and oxygen atoms in total. The summed E-state index contributed by atoms with van der Waals surface area (Å²) in [6.07, 6.45) is 9.45. The molecule has 0 amide bonds. The summed E-state index contributed by atoms with van der Waals surface area (Å²) < 4.78 is 13.6. The molecule has 0 spiro atoms. The van der Waals surface area contributed by atoms with Crippen LogP contribution in [0.1, 0.15) is 115 Å². The maximum absolute atomic E-state index is 13.2. The Morgan fingerprint density at radius 2 is 1.88 bits per heavy atom. The van der Waals surface area contributed by atoms with Crippen LogP contribution in [0.4, 0.5) is 0 Å². The minimum Gasteiger partial charge on any atom is -0.543 e. The number of Topliss-reactive ketones (excluding diaryl/α,β-unsaturated/α-hetero) is 1. The van der Waals surface area contributed by atoms with E-state index in [1.807, 2.05) is 12.1 Å². The van der Waals surface area contributed by atoms with Crippen molar-refractivity contribution >= 4 is 14.1 Å². The summed E-state index contributed by atoms with van der Waals surface area (Å²) in [4.78, 5) is 13.2. The van der Waals surface area contributed by atoms with Crippen molar-refractivity contribution in [2.24, 2.45) is 5.92 Å². The Morgan fingerprint density at radius 3 is 2.52 bits per heavy atom. The van der Waals surface area contributed by atoms with Gasteiger partial charge in [0.25, 0.3) is 0 Å². The van der Waals surface area contributed by atoms with Gasteiger partial charge in [-0.3, -0.25) is 4.79 Å². The average molecular weight is 471 g/mol. The van der Waals surface area contributed by atoms with Gasteiger partial charge in [-0.2, -0.15) is 0 Å². The molecule has 0 aromatic heterocycles. The lowest BCUT2D eigenvalue weighted by molar-refractivity contribution is 0.00777. The SMILES string of the molecule is CCCCCCC(=O)c1cc2c(c(O[Si](C)(C)C(C)(C)C)c1)[C@@H]1CC(C)=CCC1C(C)(C)O2. The summed E-state index contributed by atoms with van der Waals surface area (Å²) in [5.74, 6) is 2.74. The fourth-order valence-corrected chi connectivity index (χ4v) is 6.10. The van der Waals surface area contributed by atoms with Gasteiger partial charge in [0, 0.05) is 29.4 Å². The molecule has 1 heterocycles. The molecule has 2 aliphatic rings. The van der Waals surface area contributed by atoms with Crippen molar-refractivity contribution in [3.8, 4) is 11.5 Å². The standard InChI is InChI=1S/C29H46O3Si/c1-10-11-12-13-14-24(30)21-18-25-27(26(19-21)32-33(8,9)28(3,4)5)22-17-20(2)15-16-23(22)29(6,7)31-25/h15,18-19,22-23H,10-14,16-17H2,1-9H3/t22-,23?/m1/s1. The maximum Gasteiger partial charge on any atom is 0.250 e. The average Bonchev–Trinajstić information content (AvgIpc) is 2.68. The van der Waals surface area contributed by atoms with Gasteiger partial charge in [-0.25, -0.2) is 0 Å². The zero-order valence-corrected chi connectivity index (χ0v) is 23.6. The number of ether oxygens (including phenoxy) is 1. The van der Waals surface area contributed by atoms with Gasteiger partial charge >= 0.3 is 0 Å². The molecule has 1 unspecified atom stereocenters. The fraction of sp³-hybridized carbons (Fsp3) is 0.690. The zero-order chi connectivity index (χ0) is 24.6. The van der Waals surface area contributed by atoms with Crippen molar-refractivity contribution in [1.29, 1.82) is 0 Å². The van der Waals surface area contributed by atoms with Crippen LogP contribution in [0.2, 0.25) is 18.1 Å². The molecule has 2 atom stereocenters. The third-order valence-electron chi connectivity index (χ3n) is 8.24. The zero-order valence-electron chi connectivity index (χ0n) is 22.6. The number of hydrogen-bond donors (Lipinski definition) is 0. The highest BCUT2D eigenvalue weighted by atomic mass is 28.4. The van der Waals surface area contributed by atoms with Gasteiger partial charge in [-0.15, -0.1) is 0 Å². The van der Waals surface area contributed by atoms with E-state index in [2.05, 4.69) is 67.6 Å². The van der Waals surface area contributed by atoms with E-state index in [0.717, 1.165) is 42.7 Å². The largest absolute Gasteiger partial charge is 0.543 e. The molecule has 33 heavy (non-hydrogen) atoms. The van der Waals surface area contributed by atoms with E-state index in [9.17, 15) is 4.79 Å². The molecule has 0 saturated carbocycles. The molecule has 4 heteroatoms. The molecule has 0 bridgehead atoms. The van der Waals surface area contributed by atoms with Gasteiger partial charge < -0.3 is 9.16 Å². The Kier molecular flexibility index (Phi) is 7.58. The van der Waals surface area contributed by atoms with Crippen molar-refractivity contribution in [2.75, 3.05) is 0 Å². The van der Waals surface area contributed by atoms with Crippen LogP contribution >= 0.6 is 0 Å². The lowest BCUT2D eigenvalue weighted by atomic mass is 9.67. The molecule has 3 rings (SSSR count). The van der Waals surface area contributed by atoms with Crippen LogP contribution < -0.4 is 9.16 Å². The highest BCUT2D eigenvalue weighted by molar-refractivity contribution is 6.74. The number of fused-ring (bicyclic) bond motifs is 3. The molecular weight excluding hydrogens is 424 g/mol. The van der Waals surface area contributed by atoms with E-state index in [1.165, 1.54) is 24.0 Å². The normalized spacial score (nSPS) is 22.0. The van der Waals surface area contributed by atoms with Crippen molar-refractivity contribution in [3.05, 3.63) is 34.9 Å². The molecule has 1 aliphatic carbocycles. The predicted octanol–water partition coefficient (Wildman–Crippen LogP) is 8.83. The van der Waals surface area contributed by atoms with Crippen molar-refractivity contribution < 1.29 is 14.0 Å². The van der Waals surface area contributed by atoms with Crippen LogP contribution in [-0.4, -0.2) is 19.7 Å². The van der Waals surface area contributed by atoms with Crippen LogP contribution in [0.15, 0.2) is 23.8 Å². The molecule has 0 fully saturated rings. The summed E-state index contributed by atoms with van der Waals surface area (Å²) in [7, 11) is -2.09. The van der Waals surface area contributed by atoms with Gasteiger partial charge in [0.05, 0.1) is 0 Å². The van der Waals surface area contributed by atoms with Gasteiger partial charge in [0.2, 0.25) is 8.32 Å². The van der Waals surface area contributed by atoms with E-state index >= 15 is 0 Å². The number of unbranched alkanes of at least 4 members (excludes halogenated alkanes) is 3. The third-order valence-corrected chi connectivity index (χ3v) is 12.6. The van der Waals surface area contributed by atoms with E-state index in [0.29, 0.717) is 18.3 Å². The molecule has 0 saturated heterocycles. The van der Waals surface area contributed by atoms with Crippen LogP contribution in [0.3, 0.4) is 0 Å². The molecule has 0 radical (unpaired) electrons. The number of ketones is 1. The van der Waals surface area contributed by atoms with Gasteiger partial charge in [-0.1, -0.05) is 58.6 Å². The summed E-state index contributed by atoms with van der Waals surface area (Å²) in [5, 5.41) is 0.0800. The third kappa shape index (κ3) is 5.58. The minimum absolute atomic E-state index is 0.0800. The Bertz CT molecular complexity index is 904. The highest BCUT2D eigenvalue weighted by Crippen LogP contribution is 2.55. The molecule has 184 valence electrons. The monoisotopic (exact) mass is 470 g/mol. The smallest absolute Gasteiger partial charge is 0.250 e. The Morgan fingerprint density at radius 1 is 1.18 bits per heavy atom. The quantitative estimate of drug-likeness (QED) is 0.165. The van der Waals surface area contributed by atoms with Gasteiger partial charge in [0.15, 0.2) is 5.78 Å². The Balaban J connectivity index is 2.07. The lowest BCUT2D eigenvalue weighted by Gasteiger charge is -2.48. The minimum atomic E-state index is -2.09. The van der Waals surface area contributed by atoms with Gasteiger partial charge in [0.1, 0.15) is 17.1 Å². The van der Waals surface area contributed by atoms with E-state index in [4.69, 9.17) is 9.16 Å². The first-order chi connectivity index (χ1) is 15.3. The maximum atomic E-state index is 13.2. The predicted molar refractivity (Wildman–Crippen MR) is 141 cm³/mol. The lowest BCUT2D eigenvalue weighted by Crippen LogP contribution is -2.47. The van der Waals surface area contributed by atoms with Crippen molar-refractivity contribution in [1.82, 2.24) is 0 Å². The number of benzene rings is 1. The van der Waals surface area contributed by atoms with Crippen molar-refractivity contribution in [3.63, 3.8) is 0 Å². The number of hydrogen-bond acceptors (Lipinski definition) is 3. The second kappa shape index (κ2) is 9.60. The second-order valence-electron chi connectivity index (χ2n) is 12.4. The molecule has 0 N–H and O–H groups in total. The summed E-state index contributed by atoms with van der Waals surface area (Å²) in [5.41, 5.74) is 3.11. The first-order valence-electron chi connectivity index (χ1n) is 13.0. The Labute approximate surface area is 203 Å². The molecule has 1 aromatic rings. The second-order valence-corrected chi connectivity index (χ2v) is 17.1. The first-order valence-corrected chi connectivity index (χ1v) is 15.9. The van der Waals surface area contributed by atoms with Crippen LogP contribution in [0.5, 0.6) is 11.5 Å². The number of carbonyl (C=O) groups excluding carboxylic acids is 1. The Hall–Kier alpha value is -1.55.